The molecular formula is C23H27NO6S. The molecule has 0 N–H and O–H groups in total. The lowest BCUT2D eigenvalue weighted by Crippen LogP contribution is -2.11. The first-order valence-electron chi connectivity index (χ1n) is 9.92. The third kappa shape index (κ3) is 9.33. The number of rotatable bonds is 13. The summed E-state index contributed by atoms with van der Waals surface area (Å²) in [6.07, 6.45) is 0. The van der Waals surface area contributed by atoms with E-state index in [9.17, 15) is 9.59 Å². The van der Waals surface area contributed by atoms with Crippen LogP contribution in [0, 0.1) is 0 Å². The van der Waals surface area contributed by atoms with E-state index in [1.54, 1.807) is 23.9 Å². The molecule has 0 fully saturated rings. The predicted octanol–water partition coefficient (Wildman–Crippen LogP) is 4.39. The van der Waals surface area contributed by atoms with Crippen LogP contribution in [0.25, 0.3) is 0 Å². The molecule has 0 spiro atoms. The molecule has 0 aliphatic carbocycles. The average molecular weight is 446 g/mol. The van der Waals surface area contributed by atoms with E-state index in [0.29, 0.717) is 38.6 Å². The Bertz CT molecular complexity index is 865. The second-order valence-electron chi connectivity index (χ2n) is 6.34. The molecular weight excluding hydrogens is 418 g/mol. The quantitative estimate of drug-likeness (QED) is 0.149. The van der Waals surface area contributed by atoms with E-state index in [1.807, 2.05) is 43.3 Å². The van der Waals surface area contributed by atoms with Gasteiger partial charge in [-0.25, -0.2) is 4.79 Å². The van der Waals surface area contributed by atoms with Crippen LogP contribution in [0.3, 0.4) is 0 Å². The van der Waals surface area contributed by atoms with Gasteiger partial charge in [0, 0.05) is 28.9 Å². The maximum Gasteiger partial charge on any atom is 0.331 e. The van der Waals surface area contributed by atoms with Crippen LogP contribution in [0.2, 0.25) is 0 Å². The zero-order valence-corrected chi connectivity index (χ0v) is 18.8. The topological polar surface area (TPSA) is 83.4 Å². The molecule has 0 aliphatic heterocycles. The second-order valence-corrected chi connectivity index (χ2v) is 7.49. The lowest BCUT2D eigenvalue weighted by Gasteiger charge is -2.08. The number of carbonyl (C=O) groups is 2. The molecule has 0 radical (unpaired) electrons. The summed E-state index contributed by atoms with van der Waals surface area (Å²) >= 11 is 1.57. The molecule has 166 valence electrons. The number of hydrogen-bond donors (Lipinski definition) is 0. The van der Waals surface area contributed by atoms with Crippen LogP contribution >= 0.6 is 11.8 Å². The molecule has 0 unspecified atom stereocenters. The number of oxime groups is 1. The lowest BCUT2D eigenvalue weighted by atomic mass is 10.1. The minimum absolute atomic E-state index is 0.117. The van der Waals surface area contributed by atoms with Crippen LogP contribution < -0.4 is 4.74 Å². The van der Waals surface area contributed by atoms with Gasteiger partial charge in [0.1, 0.15) is 18.1 Å². The van der Waals surface area contributed by atoms with Gasteiger partial charge in [-0.1, -0.05) is 16.9 Å². The molecule has 0 amide bonds. The number of nitrogens with zero attached hydrogens (tertiary/aromatic N) is 1. The second kappa shape index (κ2) is 13.6. The molecule has 0 bridgehead atoms. The molecule has 0 aromatic heterocycles. The van der Waals surface area contributed by atoms with Crippen molar-refractivity contribution in [3.05, 3.63) is 54.1 Å². The minimum atomic E-state index is -0.568. The Balaban J connectivity index is 1.80. The molecule has 2 rings (SSSR count). The van der Waals surface area contributed by atoms with E-state index >= 15 is 0 Å². The molecule has 0 heterocycles. The maximum absolute atomic E-state index is 12.3. The Morgan fingerprint density at radius 3 is 2.03 bits per heavy atom. The molecule has 0 saturated carbocycles. The van der Waals surface area contributed by atoms with Crippen molar-refractivity contribution in [2.75, 3.05) is 33.0 Å². The van der Waals surface area contributed by atoms with E-state index in [1.165, 1.54) is 13.8 Å². The summed E-state index contributed by atoms with van der Waals surface area (Å²) in [5.41, 5.74) is 0.593. The summed E-state index contributed by atoms with van der Waals surface area (Å²) in [5.74, 6) is -0.0800. The van der Waals surface area contributed by atoms with Gasteiger partial charge in [0.2, 0.25) is 5.78 Å². The Hall–Kier alpha value is -2.68. The molecule has 2 aromatic carbocycles. The zero-order valence-electron chi connectivity index (χ0n) is 18.0. The van der Waals surface area contributed by atoms with E-state index in [4.69, 9.17) is 14.2 Å². The highest BCUT2D eigenvalue weighted by Gasteiger charge is 2.11. The largest absolute Gasteiger partial charge is 0.491 e. The highest BCUT2D eigenvalue weighted by atomic mass is 32.2. The summed E-state index contributed by atoms with van der Waals surface area (Å²) < 4.78 is 16.3. The van der Waals surface area contributed by atoms with E-state index < -0.39 is 5.97 Å². The van der Waals surface area contributed by atoms with Gasteiger partial charge in [-0.2, -0.15) is 0 Å². The highest BCUT2D eigenvalue weighted by Crippen LogP contribution is 2.29. The van der Waals surface area contributed by atoms with Crippen molar-refractivity contribution in [3.8, 4) is 5.75 Å². The van der Waals surface area contributed by atoms with Crippen molar-refractivity contribution >= 4 is 29.2 Å². The van der Waals surface area contributed by atoms with Gasteiger partial charge in [0.05, 0.1) is 19.8 Å². The predicted molar refractivity (Wildman–Crippen MR) is 119 cm³/mol. The van der Waals surface area contributed by atoms with Crippen LogP contribution in [-0.2, 0) is 19.1 Å². The molecule has 0 aliphatic rings. The first-order valence-corrected chi connectivity index (χ1v) is 10.7. The molecule has 2 aromatic rings. The number of Topliss-reactive ketones (excluding diaryl/α,β-unsaturated/α-hetero) is 1. The summed E-state index contributed by atoms with van der Waals surface area (Å²) in [4.78, 5) is 29.6. The van der Waals surface area contributed by atoms with Crippen LogP contribution in [0.15, 0.2) is 63.5 Å². The van der Waals surface area contributed by atoms with Crippen LogP contribution in [0.1, 0.15) is 31.1 Å². The normalized spacial score (nSPS) is 11.3. The Morgan fingerprint density at radius 1 is 0.839 bits per heavy atom. The first-order chi connectivity index (χ1) is 15.0. The van der Waals surface area contributed by atoms with E-state index in [-0.39, 0.29) is 11.5 Å². The fourth-order valence-corrected chi connectivity index (χ4v) is 3.20. The lowest BCUT2D eigenvalue weighted by molar-refractivity contribution is -0.140. The molecule has 31 heavy (non-hydrogen) atoms. The maximum atomic E-state index is 12.3. The van der Waals surface area contributed by atoms with Crippen LogP contribution in [0.5, 0.6) is 5.75 Å². The minimum Gasteiger partial charge on any atom is -0.491 e. The van der Waals surface area contributed by atoms with Gasteiger partial charge in [0.25, 0.3) is 0 Å². The average Bonchev–Trinajstić information content (AvgIpc) is 2.78. The van der Waals surface area contributed by atoms with Crippen molar-refractivity contribution < 1.29 is 28.6 Å². The van der Waals surface area contributed by atoms with Crippen LogP contribution in [0.4, 0.5) is 0 Å². The summed E-state index contributed by atoms with van der Waals surface area (Å²) in [5, 5.41) is 3.53. The number of ether oxygens (including phenoxy) is 3. The number of carbonyl (C=O) groups excluding carboxylic acids is 2. The van der Waals surface area contributed by atoms with Crippen LogP contribution in [-0.4, -0.2) is 50.5 Å². The van der Waals surface area contributed by atoms with Crippen molar-refractivity contribution in [1.82, 2.24) is 0 Å². The van der Waals surface area contributed by atoms with Gasteiger partial charge in [-0.15, -0.1) is 0 Å². The first kappa shape index (κ1) is 24.6. The molecule has 8 heteroatoms. The third-order valence-corrected chi connectivity index (χ3v) is 4.90. The Labute approximate surface area is 186 Å². The number of hydrogen-bond acceptors (Lipinski definition) is 8. The fraction of sp³-hybridized carbons (Fsp3) is 0.348. The third-order valence-electron chi connectivity index (χ3n) is 3.89. The van der Waals surface area contributed by atoms with Gasteiger partial charge in [-0.05, 0) is 62.4 Å². The van der Waals surface area contributed by atoms with Crippen molar-refractivity contribution in [3.63, 3.8) is 0 Å². The fourth-order valence-electron chi connectivity index (χ4n) is 2.38. The monoisotopic (exact) mass is 445 g/mol. The highest BCUT2D eigenvalue weighted by molar-refractivity contribution is 7.99. The zero-order chi connectivity index (χ0) is 22.5. The smallest absolute Gasteiger partial charge is 0.331 e. The van der Waals surface area contributed by atoms with Gasteiger partial charge in [0.15, 0.2) is 0 Å². The number of ketones is 1. The van der Waals surface area contributed by atoms with Crippen molar-refractivity contribution in [1.29, 1.82) is 0 Å². The number of benzene rings is 2. The Morgan fingerprint density at radius 2 is 1.42 bits per heavy atom. The van der Waals surface area contributed by atoms with E-state index in [2.05, 4.69) is 9.99 Å². The molecule has 0 saturated heterocycles. The molecule has 7 nitrogen and oxygen atoms in total. The SMILES string of the molecule is CCOCCOCCOc1ccc(Sc2ccc(C(=O)/C(C)=N/OC(C)=O)cc2)cc1. The van der Waals surface area contributed by atoms with E-state index in [0.717, 1.165) is 15.5 Å². The van der Waals surface area contributed by atoms with Crippen molar-refractivity contribution in [2.24, 2.45) is 5.16 Å². The van der Waals surface area contributed by atoms with Gasteiger partial charge < -0.3 is 19.0 Å². The summed E-state index contributed by atoms with van der Waals surface area (Å²) in [7, 11) is 0. The van der Waals surface area contributed by atoms with Crippen molar-refractivity contribution in [2.45, 2.75) is 30.6 Å². The summed E-state index contributed by atoms with van der Waals surface area (Å²) in [6, 6.07) is 14.9. The van der Waals surface area contributed by atoms with Gasteiger partial charge in [-0.3, -0.25) is 4.79 Å². The Kier molecular flexibility index (Phi) is 10.8. The molecule has 0 atom stereocenters. The summed E-state index contributed by atoms with van der Waals surface area (Å²) in [6.45, 7) is 7.53. The standard InChI is InChI=1S/C23H27NO6S/c1-4-27-13-14-28-15-16-29-20-7-11-22(12-8-20)31-21-9-5-19(6-10-21)23(26)17(2)24-30-18(3)25/h5-12H,4,13-16H2,1-3H3/b24-17+. The van der Waals surface area contributed by atoms with Gasteiger partial charge >= 0.3 is 5.97 Å².